The van der Waals surface area contributed by atoms with Crippen LogP contribution in [-0.4, -0.2) is 10.1 Å². The molecule has 1 unspecified atom stereocenters. The van der Waals surface area contributed by atoms with Gasteiger partial charge in [-0.25, -0.2) is 4.98 Å². The number of nitrogens with zero attached hydrogens (tertiary/aromatic N) is 1. The highest BCUT2D eigenvalue weighted by molar-refractivity contribution is 6.30. The highest BCUT2D eigenvalue weighted by atomic mass is 35.5. The zero-order valence-corrected chi connectivity index (χ0v) is 14.6. The van der Waals surface area contributed by atoms with Gasteiger partial charge in [0.2, 0.25) is 5.69 Å². The van der Waals surface area contributed by atoms with E-state index in [1.807, 2.05) is 72.9 Å². The summed E-state index contributed by atoms with van der Waals surface area (Å²) in [7, 11) is 0. The first-order chi connectivity index (χ1) is 12.7. The summed E-state index contributed by atoms with van der Waals surface area (Å²) in [5.41, 5.74) is 3.16. The first kappa shape index (κ1) is 16.4. The number of rotatable bonds is 4. The van der Waals surface area contributed by atoms with Crippen molar-refractivity contribution in [2.75, 3.05) is 5.32 Å². The van der Waals surface area contributed by atoms with Crippen LogP contribution in [0.25, 0.3) is 10.9 Å². The number of phenols is 1. The predicted molar refractivity (Wildman–Crippen MR) is 103 cm³/mol. The molecule has 128 valence electrons. The highest BCUT2D eigenvalue weighted by Gasteiger charge is 2.24. The Morgan fingerprint density at radius 1 is 0.962 bits per heavy atom. The van der Waals surface area contributed by atoms with Crippen LogP contribution in [0.3, 0.4) is 0 Å². The van der Waals surface area contributed by atoms with Gasteiger partial charge in [0, 0.05) is 40.0 Å². The Kier molecular flexibility index (Phi) is 4.42. The van der Waals surface area contributed by atoms with E-state index in [0.717, 1.165) is 22.3 Å². The number of fused-ring (bicyclic) bond motifs is 1. The van der Waals surface area contributed by atoms with Crippen LogP contribution in [0.4, 0.5) is 5.69 Å². The molecule has 4 nitrogen and oxygen atoms in total. The monoisotopic (exact) mass is 362 g/mol. The first-order valence-electron chi connectivity index (χ1n) is 8.28. The lowest BCUT2D eigenvalue weighted by molar-refractivity contribution is -0.391. The minimum absolute atomic E-state index is 0.173. The van der Waals surface area contributed by atoms with Crippen LogP contribution in [0.1, 0.15) is 17.3 Å². The number of aromatic nitrogens is 2. The summed E-state index contributed by atoms with van der Waals surface area (Å²) in [6.07, 6.45) is 3.55. The van der Waals surface area contributed by atoms with Gasteiger partial charge in [0.1, 0.15) is 17.3 Å². The van der Waals surface area contributed by atoms with Crippen molar-refractivity contribution >= 4 is 28.2 Å². The predicted octanol–water partition coefficient (Wildman–Crippen LogP) is 4.61. The van der Waals surface area contributed by atoms with Gasteiger partial charge in [0.15, 0.2) is 6.20 Å². The van der Waals surface area contributed by atoms with Crippen LogP contribution < -0.4 is 10.3 Å². The molecule has 0 aliphatic carbocycles. The van der Waals surface area contributed by atoms with E-state index >= 15 is 0 Å². The first-order valence-corrected chi connectivity index (χ1v) is 8.65. The normalized spacial score (nSPS) is 12.0. The standard InChI is InChI=1S/C21H16ClN3O/c22-15-7-9-16(10-8-15)25-20(18-5-1-2-12-23-18)17-11-6-14-4-3-13-24-19(14)21(17)26/h1-13,20,25-26H/p+1. The van der Waals surface area contributed by atoms with E-state index in [9.17, 15) is 5.11 Å². The number of aromatic hydroxyl groups is 1. The minimum Gasteiger partial charge on any atom is -0.505 e. The van der Waals surface area contributed by atoms with Crippen LogP contribution >= 0.6 is 11.6 Å². The summed E-state index contributed by atoms with van der Waals surface area (Å²) in [5, 5.41) is 15.9. The largest absolute Gasteiger partial charge is 0.505 e. The van der Waals surface area contributed by atoms with Crippen molar-refractivity contribution in [2.45, 2.75) is 6.04 Å². The number of hydrogen-bond donors (Lipinski definition) is 2. The van der Waals surface area contributed by atoms with Gasteiger partial charge in [-0.15, -0.1) is 0 Å². The molecule has 1 atom stereocenters. The van der Waals surface area contributed by atoms with Gasteiger partial charge in [-0.05, 0) is 30.3 Å². The summed E-state index contributed by atoms with van der Waals surface area (Å²) in [6.45, 7) is 0. The number of H-pyrrole nitrogens is 1. The molecule has 0 fully saturated rings. The molecule has 0 saturated carbocycles. The van der Waals surface area contributed by atoms with Crippen molar-refractivity contribution in [3.63, 3.8) is 0 Å². The van der Waals surface area contributed by atoms with E-state index in [-0.39, 0.29) is 11.8 Å². The molecule has 2 aromatic heterocycles. The number of aromatic amines is 1. The Hall–Kier alpha value is -3.11. The SMILES string of the molecule is Oc1c(C(Nc2ccc(Cl)cc2)c2cccc[nH+]2)ccc2cccnc12. The Labute approximate surface area is 156 Å². The molecule has 0 aliphatic rings. The Morgan fingerprint density at radius 3 is 2.58 bits per heavy atom. The molecule has 0 bridgehead atoms. The van der Waals surface area contributed by atoms with Crippen LogP contribution in [0.15, 0.2) is 79.1 Å². The molecule has 5 heteroatoms. The fourth-order valence-electron chi connectivity index (χ4n) is 3.00. The maximum atomic E-state index is 10.9. The zero-order valence-electron chi connectivity index (χ0n) is 13.9. The van der Waals surface area contributed by atoms with E-state index in [4.69, 9.17) is 11.6 Å². The lowest BCUT2D eigenvalue weighted by Gasteiger charge is -2.19. The van der Waals surface area contributed by atoms with Gasteiger partial charge in [0.25, 0.3) is 0 Å². The van der Waals surface area contributed by atoms with Crippen molar-refractivity contribution in [3.8, 4) is 5.75 Å². The summed E-state index contributed by atoms with van der Waals surface area (Å²) in [6, 6.07) is 20.8. The fraction of sp³-hybridized carbons (Fsp3) is 0.0476. The Morgan fingerprint density at radius 2 is 1.81 bits per heavy atom. The van der Waals surface area contributed by atoms with Gasteiger partial charge < -0.3 is 10.4 Å². The van der Waals surface area contributed by atoms with Gasteiger partial charge >= 0.3 is 0 Å². The molecule has 2 aromatic carbocycles. The Bertz CT molecular complexity index is 1040. The molecule has 0 spiro atoms. The number of benzene rings is 2. The van der Waals surface area contributed by atoms with Crippen molar-refractivity contribution in [1.82, 2.24) is 4.98 Å². The summed E-state index contributed by atoms with van der Waals surface area (Å²) >= 11 is 5.99. The molecule has 3 N–H and O–H groups in total. The fourth-order valence-corrected chi connectivity index (χ4v) is 3.13. The second-order valence-corrected chi connectivity index (χ2v) is 6.42. The van der Waals surface area contributed by atoms with Crippen molar-refractivity contribution < 1.29 is 10.1 Å². The molecule has 0 amide bonds. The molecule has 0 aliphatic heterocycles. The smallest absolute Gasteiger partial charge is 0.206 e. The third-order valence-electron chi connectivity index (χ3n) is 4.29. The minimum atomic E-state index is -0.274. The average molecular weight is 363 g/mol. The van der Waals surface area contributed by atoms with E-state index in [1.54, 1.807) is 6.20 Å². The topological polar surface area (TPSA) is 59.3 Å². The van der Waals surface area contributed by atoms with Gasteiger partial charge in [-0.3, -0.25) is 4.98 Å². The number of hydrogen-bond acceptors (Lipinski definition) is 3. The zero-order chi connectivity index (χ0) is 17.9. The molecule has 4 rings (SSSR count). The van der Waals surface area contributed by atoms with E-state index < -0.39 is 0 Å². The van der Waals surface area contributed by atoms with Gasteiger partial charge in [-0.2, -0.15) is 0 Å². The number of nitrogens with one attached hydrogen (secondary N) is 2. The van der Waals surface area contributed by atoms with Crippen LogP contribution in [0, 0.1) is 0 Å². The summed E-state index contributed by atoms with van der Waals surface area (Å²) in [5.74, 6) is 0.173. The average Bonchev–Trinajstić information content (AvgIpc) is 2.69. The third-order valence-corrected chi connectivity index (χ3v) is 4.54. The van der Waals surface area contributed by atoms with Crippen molar-refractivity contribution in [3.05, 3.63) is 95.4 Å². The Balaban J connectivity index is 1.83. The maximum Gasteiger partial charge on any atom is 0.206 e. The molecule has 26 heavy (non-hydrogen) atoms. The lowest BCUT2D eigenvalue weighted by atomic mass is 9.99. The molecule has 4 aromatic rings. The molecular formula is C21H17ClN3O+. The third kappa shape index (κ3) is 3.19. The van der Waals surface area contributed by atoms with Crippen LogP contribution in [-0.2, 0) is 0 Å². The van der Waals surface area contributed by atoms with Gasteiger partial charge in [0.05, 0.1) is 0 Å². The molecule has 2 heterocycles. The summed E-state index contributed by atoms with van der Waals surface area (Å²) in [4.78, 5) is 7.58. The molecule has 0 radical (unpaired) electrons. The molecular weight excluding hydrogens is 346 g/mol. The number of anilines is 1. The number of pyridine rings is 2. The second-order valence-electron chi connectivity index (χ2n) is 5.98. The number of phenolic OH excluding ortho intramolecular Hbond substituents is 1. The summed E-state index contributed by atoms with van der Waals surface area (Å²) < 4.78 is 0. The van der Waals surface area contributed by atoms with Crippen molar-refractivity contribution in [2.24, 2.45) is 0 Å². The maximum absolute atomic E-state index is 10.9. The second kappa shape index (κ2) is 7.02. The van der Waals surface area contributed by atoms with Crippen LogP contribution in [0.5, 0.6) is 5.75 Å². The molecule has 0 saturated heterocycles. The quantitative estimate of drug-likeness (QED) is 0.557. The van der Waals surface area contributed by atoms with E-state index in [1.165, 1.54) is 0 Å². The van der Waals surface area contributed by atoms with Gasteiger partial charge in [-0.1, -0.05) is 35.9 Å². The lowest BCUT2D eigenvalue weighted by Crippen LogP contribution is -2.21. The highest BCUT2D eigenvalue weighted by Crippen LogP contribution is 2.35. The van der Waals surface area contributed by atoms with E-state index in [0.29, 0.717) is 10.5 Å². The number of halogens is 1. The van der Waals surface area contributed by atoms with E-state index in [2.05, 4.69) is 15.3 Å². The van der Waals surface area contributed by atoms with Crippen LogP contribution in [0.2, 0.25) is 5.02 Å². The van der Waals surface area contributed by atoms with Crippen molar-refractivity contribution in [1.29, 1.82) is 0 Å².